The van der Waals surface area contributed by atoms with Crippen LogP contribution in [0, 0.1) is 12.8 Å². The molecule has 1 heterocycles. The summed E-state index contributed by atoms with van der Waals surface area (Å²) in [6, 6.07) is 16.1. The number of hydrogen-bond acceptors (Lipinski definition) is 3. The van der Waals surface area contributed by atoms with Crippen LogP contribution in [-0.4, -0.2) is 42.9 Å². The fourth-order valence-electron chi connectivity index (χ4n) is 4.00. The molecule has 2 aromatic carbocycles. The molecular formula is C25H33N3O2. The molecule has 1 saturated heterocycles. The van der Waals surface area contributed by atoms with E-state index < -0.39 is 0 Å². The summed E-state index contributed by atoms with van der Waals surface area (Å²) in [5.74, 6) is 0.591. The molecule has 30 heavy (non-hydrogen) atoms. The van der Waals surface area contributed by atoms with Crippen LogP contribution in [0.15, 0.2) is 48.5 Å². The molecule has 0 aliphatic carbocycles. The third-order valence-electron chi connectivity index (χ3n) is 5.72. The Morgan fingerprint density at radius 2 is 1.93 bits per heavy atom. The third kappa shape index (κ3) is 6.42. The van der Waals surface area contributed by atoms with Crippen LogP contribution in [0.2, 0.25) is 0 Å². The largest absolute Gasteiger partial charge is 0.352 e. The van der Waals surface area contributed by atoms with Gasteiger partial charge >= 0.3 is 0 Å². The second-order valence-corrected chi connectivity index (χ2v) is 8.25. The summed E-state index contributed by atoms with van der Waals surface area (Å²) in [7, 11) is 0. The quantitative estimate of drug-likeness (QED) is 0.670. The maximum absolute atomic E-state index is 12.4. The Balaban J connectivity index is 1.45. The topological polar surface area (TPSA) is 61.4 Å². The molecular weight excluding hydrogens is 374 g/mol. The number of aryl methyl sites for hydroxylation is 1. The van der Waals surface area contributed by atoms with Gasteiger partial charge in [-0.05, 0) is 67.5 Å². The van der Waals surface area contributed by atoms with Gasteiger partial charge in [0.1, 0.15) is 0 Å². The maximum atomic E-state index is 12.4. The van der Waals surface area contributed by atoms with Crippen LogP contribution in [0.4, 0.5) is 0 Å². The zero-order valence-electron chi connectivity index (χ0n) is 18.1. The van der Waals surface area contributed by atoms with Crippen LogP contribution in [0.25, 0.3) is 0 Å². The maximum Gasteiger partial charge on any atom is 0.251 e. The number of hydrogen-bond donors (Lipinski definition) is 2. The predicted molar refractivity (Wildman–Crippen MR) is 120 cm³/mol. The van der Waals surface area contributed by atoms with Gasteiger partial charge in [0.2, 0.25) is 5.91 Å². The molecule has 1 atom stereocenters. The average molecular weight is 408 g/mol. The van der Waals surface area contributed by atoms with E-state index in [0.717, 1.165) is 43.5 Å². The number of carbonyl (C=O) groups excluding carboxylic acids is 2. The molecule has 2 amide bonds. The molecule has 5 heteroatoms. The van der Waals surface area contributed by atoms with Crippen molar-refractivity contribution in [2.24, 2.45) is 5.92 Å². The molecule has 2 N–H and O–H groups in total. The van der Waals surface area contributed by atoms with Gasteiger partial charge in [-0.25, -0.2) is 0 Å². The molecule has 1 fully saturated rings. The molecule has 1 aliphatic heterocycles. The number of amides is 2. The second kappa shape index (κ2) is 10.9. The Morgan fingerprint density at radius 3 is 2.73 bits per heavy atom. The number of rotatable bonds is 9. The summed E-state index contributed by atoms with van der Waals surface area (Å²) in [5, 5.41) is 5.98. The van der Waals surface area contributed by atoms with E-state index in [1.54, 1.807) is 0 Å². The Morgan fingerprint density at radius 1 is 1.10 bits per heavy atom. The third-order valence-corrected chi connectivity index (χ3v) is 5.72. The molecule has 2 aromatic rings. The lowest BCUT2D eigenvalue weighted by Gasteiger charge is -2.16. The highest BCUT2D eigenvalue weighted by atomic mass is 16.2. The molecule has 5 nitrogen and oxygen atoms in total. The average Bonchev–Trinajstić information content (AvgIpc) is 3.18. The Hall–Kier alpha value is -2.66. The van der Waals surface area contributed by atoms with Crippen molar-refractivity contribution in [2.75, 3.05) is 26.2 Å². The highest BCUT2D eigenvalue weighted by Crippen LogP contribution is 2.21. The molecule has 1 aliphatic rings. The van der Waals surface area contributed by atoms with E-state index in [2.05, 4.69) is 40.7 Å². The van der Waals surface area contributed by atoms with Crippen LogP contribution in [-0.2, 0) is 17.8 Å². The number of benzene rings is 2. The predicted octanol–water partition coefficient (Wildman–Crippen LogP) is 3.32. The van der Waals surface area contributed by atoms with Crippen molar-refractivity contribution < 1.29 is 9.59 Å². The van der Waals surface area contributed by atoms with E-state index in [9.17, 15) is 9.59 Å². The van der Waals surface area contributed by atoms with Crippen LogP contribution >= 0.6 is 0 Å². The van der Waals surface area contributed by atoms with Crippen molar-refractivity contribution in [3.63, 3.8) is 0 Å². The van der Waals surface area contributed by atoms with E-state index in [4.69, 9.17) is 0 Å². The van der Waals surface area contributed by atoms with Crippen molar-refractivity contribution in [3.8, 4) is 0 Å². The lowest BCUT2D eigenvalue weighted by atomic mass is 9.97. The summed E-state index contributed by atoms with van der Waals surface area (Å²) in [4.78, 5) is 26.8. The molecule has 0 radical (unpaired) electrons. The number of carbonyl (C=O) groups is 2. The van der Waals surface area contributed by atoms with Gasteiger partial charge in [-0.15, -0.1) is 0 Å². The first-order chi connectivity index (χ1) is 14.5. The van der Waals surface area contributed by atoms with Crippen molar-refractivity contribution in [1.82, 2.24) is 15.5 Å². The van der Waals surface area contributed by atoms with Crippen molar-refractivity contribution in [3.05, 3.63) is 70.8 Å². The molecule has 0 aromatic heterocycles. The summed E-state index contributed by atoms with van der Waals surface area (Å²) in [6.45, 7) is 7.70. The zero-order chi connectivity index (χ0) is 21.3. The minimum absolute atomic E-state index is 0.00271. The summed E-state index contributed by atoms with van der Waals surface area (Å²) in [5.41, 5.74) is 4.28. The first-order valence-electron chi connectivity index (χ1n) is 11.0. The Bertz CT molecular complexity index is 865. The molecule has 160 valence electrons. The Labute approximate surface area is 179 Å². The van der Waals surface area contributed by atoms with Gasteiger partial charge in [0.25, 0.3) is 5.91 Å². The highest BCUT2D eigenvalue weighted by Gasteiger charge is 2.24. The van der Waals surface area contributed by atoms with E-state index in [1.807, 2.05) is 37.3 Å². The van der Waals surface area contributed by atoms with E-state index in [0.29, 0.717) is 25.6 Å². The van der Waals surface area contributed by atoms with E-state index in [-0.39, 0.29) is 11.8 Å². The molecule has 0 saturated carbocycles. The standard InChI is InChI=1S/C25H33N3O2/c1-3-12-26-25(30)22-10-6-8-20(15-22)14-21-11-13-28(17-21)18-24(29)27-16-23-9-5-4-7-19(23)2/h4-10,15,21H,3,11-14,16-18H2,1-2H3,(H,26,30)(H,27,29). The lowest BCUT2D eigenvalue weighted by Crippen LogP contribution is -2.36. The van der Waals surface area contributed by atoms with Gasteiger partial charge in [0.15, 0.2) is 0 Å². The number of nitrogens with one attached hydrogen (secondary N) is 2. The first kappa shape index (κ1) is 22.0. The summed E-state index contributed by atoms with van der Waals surface area (Å²) < 4.78 is 0. The van der Waals surface area contributed by atoms with Crippen molar-refractivity contribution in [1.29, 1.82) is 0 Å². The normalized spacial score (nSPS) is 16.4. The van der Waals surface area contributed by atoms with Gasteiger partial charge in [0.05, 0.1) is 6.54 Å². The Kier molecular flexibility index (Phi) is 8.03. The summed E-state index contributed by atoms with van der Waals surface area (Å²) in [6.07, 6.45) is 2.95. The molecule has 0 bridgehead atoms. The van der Waals surface area contributed by atoms with E-state index in [1.165, 1.54) is 11.1 Å². The molecule has 3 rings (SSSR count). The SMILES string of the molecule is CCCNC(=O)c1cccc(CC2CCN(CC(=O)NCc3ccccc3C)C2)c1. The monoisotopic (exact) mass is 407 g/mol. The smallest absolute Gasteiger partial charge is 0.251 e. The highest BCUT2D eigenvalue weighted by molar-refractivity contribution is 5.94. The van der Waals surface area contributed by atoms with Crippen LogP contribution in [0.5, 0.6) is 0 Å². The minimum atomic E-state index is -0.00271. The fraction of sp³-hybridized carbons (Fsp3) is 0.440. The molecule has 0 spiro atoms. The van der Waals surface area contributed by atoms with Crippen LogP contribution in [0.1, 0.15) is 46.8 Å². The summed E-state index contributed by atoms with van der Waals surface area (Å²) >= 11 is 0. The number of likely N-dealkylation sites (tertiary alicyclic amines) is 1. The van der Waals surface area contributed by atoms with Gasteiger partial charge in [0, 0.05) is 25.2 Å². The van der Waals surface area contributed by atoms with Gasteiger partial charge in [-0.1, -0.05) is 43.3 Å². The van der Waals surface area contributed by atoms with E-state index >= 15 is 0 Å². The van der Waals surface area contributed by atoms with Gasteiger partial charge < -0.3 is 10.6 Å². The number of nitrogens with zero attached hydrogens (tertiary/aromatic N) is 1. The van der Waals surface area contributed by atoms with Crippen molar-refractivity contribution in [2.45, 2.75) is 39.7 Å². The second-order valence-electron chi connectivity index (χ2n) is 8.25. The first-order valence-corrected chi connectivity index (χ1v) is 11.0. The molecule has 1 unspecified atom stereocenters. The zero-order valence-corrected chi connectivity index (χ0v) is 18.1. The lowest BCUT2D eigenvalue weighted by molar-refractivity contribution is -0.122. The fourth-order valence-corrected chi connectivity index (χ4v) is 4.00. The van der Waals surface area contributed by atoms with Crippen LogP contribution in [0.3, 0.4) is 0 Å². The minimum Gasteiger partial charge on any atom is -0.352 e. The van der Waals surface area contributed by atoms with Gasteiger partial charge in [-0.3, -0.25) is 14.5 Å². The van der Waals surface area contributed by atoms with Crippen molar-refractivity contribution >= 4 is 11.8 Å². The van der Waals surface area contributed by atoms with Crippen LogP contribution < -0.4 is 10.6 Å². The van der Waals surface area contributed by atoms with Gasteiger partial charge in [-0.2, -0.15) is 0 Å².